The van der Waals surface area contributed by atoms with Gasteiger partial charge in [0.25, 0.3) is 0 Å². The van der Waals surface area contributed by atoms with Crippen molar-refractivity contribution in [2.24, 2.45) is 5.92 Å². The third kappa shape index (κ3) is 4.29. The maximum atomic E-state index is 13.7. The fourth-order valence-corrected chi connectivity index (χ4v) is 6.42. The Morgan fingerprint density at radius 1 is 1.03 bits per heavy atom. The molecule has 0 fully saturated rings. The first-order valence-electron chi connectivity index (χ1n) is 13.8. The summed E-state index contributed by atoms with van der Waals surface area (Å²) in [5.74, 6) is 0.113. The summed E-state index contributed by atoms with van der Waals surface area (Å²) in [4.78, 5) is 29.0. The molecule has 0 N–H and O–H groups in total. The first-order chi connectivity index (χ1) is 18.7. The summed E-state index contributed by atoms with van der Waals surface area (Å²) in [6.07, 6.45) is 10.00. The number of amides is 1. The number of methoxy groups -OCH3 is 1. The van der Waals surface area contributed by atoms with Crippen molar-refractivity contribution in [2.75, 3.05) is 18.6 Å². The first kappa shape index (κ1) is 25.6. The van der Waals surface area contributed by atoms with Gasteiger partial charge in [0.1, 0.15) is 5.60 Å². The number of allylic oxidation sites excluding steroid dienone is 7. The molecule has 0 unspecified atom stereocenters. The molecule has 2 aromatic rings. The van der Waals surface area contributed by atoms with Crippen molar-refractivity contribution in [3.8, 4) is 0 Å². The van der Waals surface area contributed by atoms with Crippen molar-refractivity contribution in [1.29, 1.82) is 0 Å². The lowest BCUT2D eigenvalue weighted by molar-refractivity contribution is -0.111. The van der Waals surface area contributed by atoms with Crippen LogP contribution in [0.2, 0.25) is 0 Å². The van der Waals surface area contributed by atoms with Crippen LogP contribution in [0.1, 0.15) is 52.5 Å². The molecular weight excluding hydrogens is 486 g/mol. The van der Waals surface area contributed by atoms with Gasteiger partial charge in [-0.3, -0.25) is 9.69 Å². The lowest BCUT2D eigenvalue weighted by atomic mass is 9.69. The topological polar surface area (TPSA) is 55.8 Å². The molecule has 0 aromatic heterocycles. The van der Waals surface area contributed by atoms with Gasteiger partial charge in [-0.15, -0.1) is 0 Å². The maximum absolute atomic E-state index is 13.7. The molecule has 1 heterocycles. The van der Waals surface area contributed by atoms with Crippen molar-refractivity contribution in [3.63, 3.8) is 0 Å². The van der Waals surface area contributed by atoms with Crippen LogP contribution in [-0.4, -0.2) is 37.2 Å². The van der Waals surface area contributed by atoms with E-state index in [4.69, 9.17) is 9.47 Å². The predicted octanol–water partition coefficient (Wildman–Crippen LogP) is 7.49. The Bertz CT molecular complexity index is 1560. The highest BCUT2D eigenvalue weighted by Gasteiger charge is 2.40. The van der Waals surface area contributed by atoms with Crippen molar-refractivity contribution in [1.82, 2.24) is 0 Å². The van der Waals surface area contributed by atoms with Crippen LogP contribution in [0.25, 0.3) is 16.3 Å². The summed E-state index contributed by atoms with van der Waals surface area (Å²) in [6.45, 7) is 8.37. The number of ketones is 1. The van der Waals surface area contributed by atoms with Crippen molar-refractivity contribution >= 4 is 33.9 Å². The predicted molar refractivity (Wildman–Crippen MR) is 156 cm³/mol. The van der Waals surface area contributed by atoms with E-state index in [0.717, 1.165) is 57.2 Å². The minimum Gasteiger partial charge on any atom is -0.443 e. The molecule has 0 radical (unpaired) electrons. The molecular formula is C34H35NO4. The molecule has 3 aliphatic carbocycles. The van der Waals surface area contributed by atoms with Gasteiger partial charge in [-0.1, -0.05) is 61.6 Å². The van der Waals surface area contributed by atoms with Gasteiger partial charge in [0.05, 0.1) is 11.8 Å². The quantitative estimate of drug-likeness (QED) is 0.390. The minimum atomic E-state index is -0.600. The molecule has 0 bridgehead atoms. The first-order valence-corrected chi connectivity index (χ1v) is 13.8. The maximum Gasteiger partial charge on any atom is 0.414 e. The summed E-state index contributed by atoms with van der Waals surface area (Å²) in [7, 11) is 1.72. The van der Waals surface area contributed by atoms with Crippen LogP contribution in [0, 0.1) is 5.92 Å². The molecule has 0 saturated carbocycles. The Hall–Kier alpha value is -3.70. The Balaban J connectivity index is 1.67. The Morgan fingerprint density at radius 3 is 2.56 bits per heavy atom. The van der Waals surface area contributed by atoms with E-state index in [1.165, 1.54) is 11.1 Å². The molecule has 5 heteroatoms. The SMILES string of the molecule is CO[C@@H]1C=CC2=C(C1)/C(=C1\c3c(ccc4ccccc34)N(C(=O)OC(C)(C)C)C[C@@H]1C)C1=C(C=CCC1)C2=O. The second kappa shape index (κ2) is 9.49. The highest BCUT2D eigenvalue weighted by Crippen LogP contribution is 2.51. The van der Waals surface area contributed by atoms with Crippen LogP contribution >= 0.6 is 0 Å². The van der Waals surface area contributed by atoms with Crippen LogP contribution < -0.4 is 4.90 Å². The minimum absolute atomic E-state index is 0.0133. The smallest absolute Gasteiger partial charge is 0.414 e. The third-order valence-corrected chi connectivity index (χ3v) is 8.07. The average molecular weight is 522 g/mol. The number of anilines is 1. The zero-order valence-electron chi connectivity index (χ0n) is 23.3. The standard InChI is InChI=1S/C34H35NO4/c1-20-19-35(33(37)39-34(2,3)4)28-17-14-21-10-6-7-11-23(21)31(28)29(20)30-24-12-8-9-13-25(24)32(36)26-16-15-22(38-5)18-27(26)30/h6-7,9-11,13-17,20,22H,8,12,18-19H2,1-5H3/b30-29-/t20-,22+/m0/s1. The van der Waals surface area contributed by atoms with Crippen LogP contribution in [0.3, 0.4) is 0 Å². The Kier molecular flexibility index (Phi) is 6.22. The van der Waals surface area contributed by atoms with E-state index in [0.29, 0.717) is 13.0 Å². The molecule has 5 nitrogen and oxygen atoms in total. The fourth-order valence-electron chi connectivity index (χ4n) is 6.42. The number of fused-ring (bicyclic) bond motifs is 3. The van der Waals surface area contributed by atoms with Crippen molar-refractivity contribution in [3.05, 3.63) is 94.1 Å². The Labute approximate surface area is 230 Å². The van der Waals surface area contributed by atoms with E-state index < -0.39 is 5.60 Å². The molecule has 0 saturated heterocycles. The number of benzene rings is 2. The Morgan fingerprint density at radius 2 is 1.79 bits per heavy atom. The molecule has 1 amide bonds. The van der Waals surface area contributed by atoms with E-state index in [9.17, 15) is 9.59 Å². The van der Waals surface area contributed by atoms with Crippen LogP contribution in [0.4, 0.5) is 10.5 Å². The van der Waals surface area contributed by atoms with E-state index in [1.54, 1.807) is 12.0 Å². The van der Waals surface area contributed by atoms with Crippen LogP contribution in [-0.2, 0) is 14.3 Å². The van der Waals surface area contributed by atoms with Gasteiger partial charge >= 0.3 is 6.09 Å². The number of hydrogen-bond acceptors (Lipinski definition) is 4. The number of hydrogen-bond donors (Lipinski definition) is 0. The number of carbonyl (C=O) groups is 2. The molecule has 0 spiro atoms. The lowest BCUT2D eigenvalue weighted by Crippen LogP contribution is -2.42. The van der Waals surface area contributed by atoms with E-state index in [2.05, 4.69) is 37.3 Å². The molecule has 4 aliphatic rings. The summed E-state index contributed by atoms with van der Waals surface area (Å²) in [5.41, 5.74) is 7.43. The fraction of sp³-hybridized carbons (Fsp3) is 0.353. The number of Topliss-reactive ketones (excluding diaryl/α,β-unsaturated/α-hetero) is 1. The number of nitrogens with zero attached hydrogens (tertiary/aromatic N) is 1. The third-order valence-electron chi connectivity index (χ3n) is 8.07. The summed E-state index contributed by atoms with van der Waals surface area (Å²) >= 11 is 0. The molecule has 1 aliphatic heterocycles. The highest BCUT2D eigenvalue weighted by atomic mass is 16.6. The largest absolute Gasteiger partial charge is 0.443 e. The van der Waals surface area contributed by atoms with Gasteiger partial charge < -0.3 is 9.47 Å². The van der Waals surface area contributed by atoms with Gasteiger partial charge in [-0.2, -0.15) is 0 Å². The number of carbonyl (C=O) groups excluding carboxylic acids is 2. The van der Waals surface area contributed by atoms with Crippen molar-refractivity contribution < 1.29 is 19.1 Å². The second-order valence-corrected chi connectivity index (χ2v) is 11.9. The number of rotatable bonds is 1. The average Bonchev–Trinajstić information content (AvgIpc) is 2.92. The zero-order valence-corrected chi connectivity index (χ0v) is 23.3. The monoisotopic (exact) mass is 521 g/mol. The van der Waals surface area contributed by atoms with Gasteiger partial charge in [0.15, 0.2) is 5.78 Å². The van der Waals surface area contributed by atoms with E-state index in [1.807, 2.05) is 51.1 Å². The number of ether oxygens (including phenoxy) is 2. The molecule has 39 heavy (non-hydrogen) atoms. The second-order valence-electron chi connectivity index (χ2n) is 11.9. The molecule has 6 rings (SSSR count). The van der Waals surface area contributed by atoms with Gasteiger partial charge in [0.2, 0.25) is 0 Å². The zero-order chi connectivity index (χ0) is 27.5. The van der Waals surface area contributed by atoms with E-state index >= 15 is 0 Å². The van der Waals surface area contributed by atoms with E-state index in [-0.39, 0.29) is 23.9 Å². The summed E-state index contributed by atoms with van der Waals surface area (Å²) < 4.78 is 11.6. The normalized spacial score (nSPS) is 24.6. The van der Waals surface area contributed by atoms with Gasteiger partial charge in [-0.25, -0.2) is 4.79 Å². The van der Waals surface area contributed by atoms with Crippen LogP contribution in [0.15, 0.2) is 88.6 Å². The lowest BCUT2D eigenvalue weighted by Gasteiger charge is -2.40. The van der Waals surface area contributed by atoms with Crippen LogP contribution in [0.5, 0.6) is 0 Å². The van der Waals surface area contributed by atoms with Gasteiger partial charge in [-0.05, 0) is 72.7 Å². The highest BCUT2D eigenvalue weighted by molar-refractivity contribution is 6.17. The summed E-state index contributed by atoms with van der Waals surface area (Å²) in [5, 5.41) is 2.21. The van der Waals surface area contributed by atoms with Crippen molar-refractivity contribution in [2.45, 2.75) is 58.7 Å². The molecule has 200 valence electrons. The molecule has 2 aromatic carbocycles. The molecule has 2 atom stereocenters. The van der Waals surface area contributed by atoms with Gasteiger partial charge in [0, 0.05) is 42.7 Å². The summed E-state index contributed by atoms with van der Waals surface area (Å²) in [6, 6.07) is 12.5.